The van der Waals surface area contributed by atoms with Crippen molar-refractivity contribution >= 4 is 23.2 Å². The molecule has 1 aliphatic rings. The Morgan fingerprint density at radius 3 is 2.68 bits per heavy atom. The van der Waals surface area contributed by atoms with Gasteiger partial charge in [0.25, 0.3) is 5.91 Å². The summed E-state index contributed by atoms with van der Waals surface area (Å²) in [5.74, 6) is -1.15. The summed E-state index contributed by atoms with van der Waals surface area (Å²) in [6.07, 6.45) is 3.07. The molecule has 1 heterocycles. The third-order valence-corrected chi connectivity index (χ3v) is 5.93. The number of carboxylic acids is 1. The van der Waals surface area contributed by atoms with Gasteiger partial charge in [-0.15, -0.1) is 11.3 Å². The summed E-state index contributed by atoms with van der Waals surface area (Å²) in [4.78, 5) is 28.6. The molecule has 0 radical (unpaired) electrons. The van der Waals surface area contributed by atoms with Crippen LogP contribution in [0.4, 0.5) is 0 Å². The van der Waals surface area contributed by atoms with Crippen molar-refractivity contribution in [3.63, 3.8) is 0 Å². The highest BCUT2D eigenvalue weighted by Crippen LogP contribution is 2.36. The van der Waals surface area contributed by atoms with Gasteiger partial charge in [0.2, 0.25) is 0 Å². The minimum atomic E-state index is -0.913. The number of aliphatic carboxylic acids is 1. The van der Waals surface area contributed by atoms with Gasteiger partial charge in [0.05, 0.1) is 5.41 Å². The lowest BCUT2D eigenvalue weighted by molar-refractivity contribution is -0.151. The molecule has 6 heteroatoms. The van der Waals surface area contributed by atoms with Gasteiger partial charge in [-0.25, -0.2) is 4.98 Å². The Morgan fingerprint density at radius 2 is 2.00 bits per heavy atom. The maximum atomic E-state index is 12.6. The van der Waals surface area contributed by atoms with Crippen LogP contribution >= 0.6 is 11.3 Å². The van der Waals surface area contributed by atoms with E-state index < -0.39 is 11.4 Å². The lowest BCUT2D eigenvalue weighted by Gasteiger charge is -2.38. The fraction of sp³-hybridized carbons (Fsp3) is 0.421. The van der Waals surface area contributed by atoms with Crippen LogP contribution in [0, 0.1) is 12.3 Å². The van der Waals surface area contributed by atoms with Gasteiger partial charge in [-0.05, 0) is 26.7 Å². The van der Waals surface area contributed by atoms with Crippen molar-refractivity contribution in [1.29, 1.82) is 0 Å². The van der Waals surface area contributed by atoms with Crippen molar-refractivity contribution in [3.05, 3.63) is 40.9 Å². The van der Waals surface area contributed by atoms with E-state index in [1.807, 2.05) is 31.2 Å². The molecule has 0 spiro atoms. The lowest BCUT2D eigenvalue weighted by Crippen LogP contribution is -2.52. The Kier molecular flexibility index (Phi) is 4.90. The molecule has 0 aliphatic heterocycles. The number of hydrogen-bond donors (Lipinski definition) is 2. The van der Waals surface area contributed by atoms with Crippen LogP contribution < -0.4 is 5.32 Å². The molecule has 2 aromatic rings. The summed E-state index contributed by atoms with van der Waals surface area (Å²) < 4.78 is 0. The highest BCUT2D eigenvalue weighted by Gasteiger charge is 2.44. The summed E-state index contributed by atoms with van der Waals surface area (Å²) in [5, 5.41) is 15.0. The zero-order chi connectivity index (χ0) is 18.0. The molecule has 2 unspecified atom stereocenters. The Labute approximate surface area is 151 Å². The van der Waals surface area contributed by atoms with Crippen LogP contribution in [-0.2, 0) is 4.79 Å². The molecular weight excluding hydrogens is 336 g/mol. The number of thiazole rings is 1. The van der Waals surface area contributed by atoms with Gasteiger partial charge in [0.1, 0.15) is 10.7 Å². The quantitative estimate of drug-likeness (QED) is 0.869. The van der Waals surface area contributed by atoms with Gasteiger partial charge in [0.15, 0.2) is 0 Å². The van der Waals surface area contributed by atoms with Crippen molar-refractivity contribution in [2.75, 3.05) is 0 Å². The summed E-state index contributed by atoms with van der Waals surface area (Å²) >= 11 is 1.42. The predicted molar refractivity (Wildman–Crippen MR) is 97.8 cm³/mol. The number of aromatic nitrogens is 1. The monoisotopic (exact) mass is 358 g/mol. The van der Waals surface area contributed by atoms with E-state index in [0.717, 1.165) is 23.4 Å². The van der Waals surface area contributed by atoms with Crippen LogP contribution in [0.2, 0.25) is 0 Å². The van der Waals surface area contributed by atoms with Gasteiger partial charge in [-0.3, -0.25) is 9.59 Å². The number of carbonyl (C=O) groups excluding carboxylic acids is 1. The summed E-state index contributed by atoms with van der Waals surface area (Å²) in [6, 6.07) is 7.63. The molecule has 1 aromatic carbocycles. The van der Waals surface area contributed by atoms with E-state index in [2.05, 4.69) is 10.3 Å². The fourth-order valence-electron chi connectivity index (χ4n) is 3.26. The second-order valence-corrected chi connectivity index (χ2v) is 7.76. The summed E-state index contributed by atoms with van der Waals surface area (Å²) in [5.41, 5.74) is 1.58. The van der Waals surface area contributed by atoms with E-state index in [9.17, 15) is 14.7 Å². The van der Waals surface area contributed by atoms with E-state index in [1.54, 1.807) is 12.3 Å². The number of benzene rings is 1. The highest BCUT2D eigenvalue weighted by molar-refractivity contribution is 7.13. The van der Waals surface area contributed by atoms with Crippen LogP contribution in [0.1, 0.15) is 48.7 Å². The minimum Gasteiger partial charge on any atom is -0.481 e. The molecule has 132 valence electrons. The number of nitrogens with one attached hydrogen (secondary N) is 1. The van der Waals surface area contributed by atoms with Crippen molar-refractivity contribution in [1.82, 2.24) is 10.3 Å². The topological polar surface area (TPSA) is 79.3 Å². The lowest BCUT2D eigenvalue weighted by atomic mass is 9.71. The van der Waals surface area contributed by atoms with E-state index in [-0.39, 0.29) is 11.9 Å². The maximum Gasteiger partial charge on any atom is 0.311 e. The average Bonchev–Trinajstić information content (AvgIpc) is 3.07. The predicted octanol–water partition coefficient (Wildman–Crippen LogP) is 3.88. The van der Waals surface area contributed by atoms with Crippen LogP contribution in [0.3, 0.4) is 0 Å². The fourth-order valence-corrected chi connectivity index (χ4v) is 4.07. The molecule has 0 bridgehead atoms. The van der Waals surface area contributed by atoms with Crippen molar-refractivity contribution in [2.24, 2.45) is 5.41 Å². The Hall–Kier alpha value is -2.21. The molecule has 25 heavy (non-hydrogen) atoms. The summed E-state index contributed by atoms with van der Waals surface area (Å²) in [6.45, 7) is 3.74. The van der Waals surface area contributed by atoms with Crippen molar-refractivity contribution in [2.45, 2.75) is 45.6 Å². The second kappa shape index (κ2) is 6.96. The van der Waals surface area contributed by atoms with Crippen LogP contribution in [-0.4, -0.2) is 28.0 Å². The van der Waals surface area contributed by atoms with Gasteiger partial charge in [-0.2, -0.15) is 0 Å². The smallest absolute Gasteiger partial charge is 0.311 e. The Bertz CT molecular complexity index is 784. The number of hydrogen-bond acceptors (Lipinski definition) is 4. The number of amides is 1. The van der Waals surface area contributed by atoms with Crippen LogP contribution in [0.15, 0.2) is 29.6 Å². The first-order chi connectivity index (χ1) is 11.9. The van der Waals surface area contributed by atoms with Gasteiger partial charge in [-0.1, -0.05) is 42.7 Å². The Balaban J connectivity index is 1.75. The van der Waals surface area contributed by atoms with Gasteiger partial charge < -0.3 is 10.4 Å². The van der Waals surface area contributed by atoms with E-state index in [1.165, 1.54) is 16.9 Å². The third-order valence-electron chi connectivity index (χ3n) is 5.04. The van der Waals surface area contributed by atoms with Crippen LogP contribution in [0.25, 0.3) is 10.6 Å². The number of aryl methyl sites for hydroxylation is 1. The van der Waals surface area contributed by atoms with Gasteiger partial charge >= 0.3 is 5.97 Å². The minimum absolute atomic E-state index is 0.297. The standard InChI is InChI=1S/C19H22N2O3S/c1-12-6-8-13(9-7-12)17-20-14(11-25-17)16(22)21-15-5-3-4-10-19(15,2)18(23)24/h6-9,11,15H,3-5,10H2,1-2H3,(H,21,22)(H,23,24). The number of carbonyl (C=O) groups is 2. The molecule has 0 saturated heterocycles. The first kappa shape index (κ1) is 17.6. The second-order valence-electron chi connectivity index (χ2n) is 6.90. The molecule has 1 aliphatic carbocycles. The molecule has 1 amide bonds. The molecule has 1 saturated carbocycles. The Morgan fingerprint density at radius 1 is 1.28 bits per heavy atom. The van der Waals surface area contributed by atoms with E-state index >= 15 is 0 Å². The third kappa shape index (κ3) is 3.58. The molecule has 3 rings (SSSR count). The van der Waals surface area contributed by atoms with Gasteiger partial charge in [0, 0.05) is 17.0 Å². The molecule has 1 fully saturated rings. The molecule has 5 nitrogen and oxygen atoms in total. The average molecular weight is 358 g/mol. The normalized spacial score (nSPS) is 23.2. The van der Waals surface area contributed by atoms with E-state index in [4.69, 9.17) is 0 Å². The molecular formula is C19H22N2O3S. The van der Waals surface area contributed by atoms with E-state index in [0.29, 0.717) is 18.5 Å². The van der Waals surface area contributed by atoms with Crippen molar-refractivity contribution < 1.29 is 14.7 Å². The first-order valence-electron chi connectivity index (χ1n) is 8.47. The first-order valence-corrected chi connectivity index (χ1v) is 9.35. The zero-order valence-corrected chi connectivity index (χ0v) is 15.2. The summed E-state index contributed by atoms with van der Waals surface area (Å²) in [7, 11) is 0. The maximum absolute atomic E-state index is 12.6. The molecule has 2 atom stereocenters. The van der Waals surface area contributed by atoms with Crippen LogP contribution in [0.5, 0.6) is 0 Å². The number of carboxylic acid groups (broad SMARTS) is 1. The number of nitrogens with zero attached hydrogens (tertiary/aromatic N) is 1. The van der Waals surface area contributed by atoms with Crippen molar-refractivity contribution in [3.8, 4) is 10.6 Å². The number of rotatable bonds is 4. The molecule has 2 N–H and O–H groups in total. The zero-order valence-electron chi connectivity index (χ0n) is 14.4. The molecule has 1 aromatic heterocycles. The largest absolute Gasteiger partial charge is 0.481 e. The highest BCUT2D eigenvalue weighted by atomic mass is 32.1. The SMILES string of the molecule is Cc1ccc(-c2nc(C(=O)NC3CCCCC3(C)C(=O)O)cs2)cc1.